The summed E-state index contributed by atoms with van der Waals surface area (Å²) >= 11 is 2.35. The topological polar surface area (TPSA) is 46.2 Å². The minimum atomic E-state index is -2.20. The molecule has 5 atom stereocenters. The Kier molecular flexibility index (Phi) is 11.4. The van der Waals surface area contributed by atoms with Gasteiger partial charge in [0.05, 0.1) is 26.4 Å². The molecule has 7 heteroatoms. The molecule has 0 bridgehead atoms. The first-order chi connectivity index (χ1) is 19.1. The Balaban J connectivity index is 1.60. The van der Waals surface area contributed by atoms with Crippen molar-refractivity contribution in [2.24, 2.45) is 0 Å². The maximum atomic E-state index is 7.12. The summed E-state index contributed by atoms with van der Waals surface area (Å²) in [6, 6.07) is 30.7. The zero-order valence-electron chi connectivity index (χ0n) is 24.3. The zero-order valence-corrected chi connectivity index (χ0v) is 27.5. The Hall–Kier alpha value is -1.59. The minimum absolute atomic E-state index is 0.0218. The van der Waals surface area contributed by atoms with Crippen LogP contribution in [0.4, 0.5) is 0 Å². The van der Waals surface area contributed by atoms with Crippen LogP contribution in [0.2, 0.25) is 18.1 Å². The lowest BCUT2D eigenvalue weighted by atomic mass is 9.99. The molecule has 0 amide bonds. The number of hydrogen-bond acceptors (Lipinski definition) is 5. The summed E-state index contributed by atoms with van der Waals surface area (Å²) in [6.45, 7) is 13.2. The predicted molar refractivity (Wildman–Crippen MR) is 171 cm³/mol. The van der Waals surface area contributed by atoms with Crippen molar-refractivity contribution in [1.29, 1.82) is 0 Å². The van der Waals surface area contributed by atoms with Crippen molar-refractivity contribution >= 4 is 30.9 Å². The fourth-order valence-electron chi connectivity index (χ4n) is 4.42. The summed E-state index contributed by atoms with van der Waals surface area (Å²) in [6.07, 6.45) is -1.28. The fraction of sp³-hybridized carbons (Fsp3) is 0.455. The van der Waals surface area contributed by atoms with Crippen LogP contribution < -0.4 is 0 Å². The van der Waals surface area contributed by atoms with Gasteiger partial charge in [-0.2, -0.15) is 0 Å². The molecular weight excluding hydrogens is 631 g/mol. The number of hydrogen-bond donors (Lipinski definition) is 0. The van der Waals surface area contributed by atoms with Crippen molar-refractivity contribution in [2.45, 2.75) is 87.3 Å². The Labute approximate surface area is 254 Å². The van der Waals surface area contributed by atoms with Gasteiger partial charge in [0, 0.05) is 0 Å². The first kappa shape index (κ1) is 31.3. The smallest absolute Gasteiger partial charge is 0.192 e. The van der Waals surface area contributed by atoms with Crippen molar-refractivity contribution in [3.8, 4) is 0 Å². The second kappa shape index (κ2) is 14.5. The molecule has 0 aromatic heterocycles. The van der Waals surface area contributed by atoms with E-state index in [0.29, 0.717) is 26.4 Å². The second-order valence-electron chi connectivity index (χ2n) is 11.9. The van der Waals surface area contributed by atoms with Crippen LogP contribution in [0.5, 0.6) is 0 Å². The van der Waals surface area contributed by atoms with E-state index in [2.05, 4.69) is 92.9 Å². The third-order valence-electron chi connectivity index (χ3n) is 7.78. The van der Waals surface area contributed by atoms with E-state index in [-0.39, 0.29) is 33.6 Å². The van der Waals surface area contributed by atoms with Gasteiger partial charge in [-0.25, -0.2) is 0 Å². The Morgan fingerprint density at radius 2 is 1.12 bits per heavy atom. The van der Waals surface area contributed by atoms with Gasteiger partial charge in [-0.05, 0) is 57.4 Å². The molecule has 0 unspecified atom stereocenters. The van der Waals surface area contributed by atoms with E-state index in [4.69, 9.17) is 23.4 Å². The molecule has 4 rings (SSSR count). The fourth-order valence-corrected chi connectivity index (χ4v) is 6.74. The standard InChI is InChI=1S/C33H43IO5Si/c1-33(2,3)40(4,5)39-29-28(24-35-21-25-15-9-6-10-16-25)38-32(34)31(37-23-27-19-13-8-14-20-27)30(29)36-22-26-17-11-7-12-18-26/h6-20,28-32H,21-24H2,1-5H3/t28-,29-,30+,31-,32+/m1/s1. The highest BCUT2D eigenvalue weighted by atomic mass is 127. The molecule has 0 spiro atoms. The van der Waals surface area contributed by atoms with Gasteiger partial charge >= 0.3 is 0 Å². The van der Waals surface area contributed by atoms with Crippen molar-refractivity contribution in [3.05, 3.63) is 108 Å². The van der Waals surface area contributed by atoms with E-state index in [1.54, 1.807) is 0 Å². The van der Waals surface area contributed by atoms with Crippen molar-refractivity contribution in [2.75, 3.05) is 6.61 Å². The Bertz CT molecular complexity index is 1140. The summed E-state index contributed by atoms with van der Waals surface area (Å²) in [5, 5.41) is 0.0218. The molecule has 0 aliphatic carbocycles. The quantitative estimate of drug-likeness (QED) is 0.111. The van der Waals surface area contributed by atoms with Gasteiger partial charge in [0.25, 0.3) is 0 Å². The summed E-state index contributed by atoms with van der Waals surface area (Å²) < 4.78 is 33.1. The van der Waals surface area contributed by atoms with Crippen molar-refractivity contribution in [1.82, 2.24) is 0 Å². The highest BCUT2D eigenvalue weighted by molar-refractivity contribution is 14.1. The molecule has 1 fully saturated rings. The summed E-state index contributed by atoms with van der Waals surface area (Å²) in [5.41, 5.74) is 3.36. The average molecular weight is 675 g/mol. The van der Waals surface area contributed by atoms with Crippen LogP contribution in [-0.4, -0.2) is 43.5 Å². The summed E-state index contributed by atoms with van der Waals surface area (Å²) in [5.74, 6) is 0. The largest absolute Gasteiger partial charge is 0.408 e. The number of benzene rings is 3. The normalized spacial score (nSPS) is 23.7. The van der Waals surface area contributed by atoms with Gasteiger partial charge in [0.15, 0.2) is 8.32 Å². The Morgan fingerprint density at radius 3 is 1.60 bits per heavy atom. The number of rotatable bonds is 12. The molecule has 216 valence electrons. The molecule has 1 aliphatic rings. The van der Waals surface area contributed by atoms with E-state index >= 15 is 0 Å². The molecule has 5 nitrogen and oxygen atoms in total. The molecule has 0 saturated carbocycles. The summed E-state index contributed by atoms with van der Waals surface area (Å²) in [7, 11) is -2.20. The van der Waals surface area contributed by atoms with Gasteiger partial charge in [-0.3, -0.25) is 0 Å². The van der Waals surface area contributed by atoms with Gasteiger partial charge in [0.1, 0.15) is 28.5 Å². The van der Waals surface area contributed by atoms with Crippen molar-refractivity contribution < 1.29 is 23.4 Å². The van der Waals surface area contributed by atoms with Crippen LogP contribution in [0.1, 0.15) is 37.5 Å². The minimum Gasteiger partial charge on any atom is -0.408 e. The van der Waals surface area contributed by atoms with E-state index in [9.17, 15) is 0 Å². The molecule has 3 aromatic carbocycles. The highest BCUT2D eigenvalue weighted by Gasteiger charge is 2.51. The third-order valence-corrected chi connectivity index (χ3v) is 13.3. The first-order valence-corrected chi connectivity index (χ1v) is 18.2. The average Bonchev–Trinajstić information content (AvgIpc) is 2.94. The van der Waals surface area contributed by atoms with Gasteiger partial charge in [-0.1, -0.05) is 112 Å². The van der Waals surface area contributed by atoms with Crippen LogP contribution in [0.15, 0.2) is 91.0 Å². The zero-order chi connectivity index (χ0) is 28.6. The van der Waals surface area contributed by atoms with Crippen LogP contribution in [-0.2, 0) is 43.2 Å². The number of halogens is 1. The lowest BCUT2D eigenvalue weighted by molar-refractivity contribution is -0.233. The molecule has 1 saturated heterocycles. The van der Waals surface area contributed by atoms with E-state index in [1.807, 2.05) is 54.6 Å². The lowest BCUT2D eigenvalue weighted by Crippen LogP contribution is -2.62. The third kappa shape index (κ3) is 8.71. The molecule has 1 aliphatic heterocycles. The second-order valence-corrected chi connectivity index (χ2v) is 17.9. The molecule has 0 radical (unpaired) electrons. The SMILES string of the molecule is CC(C)(C)[Si](C)(C)O[C@H]1[C@H](OCc2ccccc2)[C@@H](OCc2ccccc2)[C@@H](I)O[C@@H]1COCc1ccccc1. The van der Waals surface area contributed by atoms with E-state index < -0.39 is 8.32 Å². The lowest BCUT2D eigenvalue weighted by Gasteiger charge is -2.49. The Morgan fingerprint density at radius 1 is 0.675 bits per heavy atom. The highest BCUT2D eigenvalue weighted by Crippen LogP contribution is 2.41. The monoisotopic (exact) mass is 674 g/mol. The molecule has 1 heterocycles. The molecule has 3 aromatic rings. The van der Waals surface area contributed by atoms with Gasteiger partial charge in [-0.15, -0.1) is 0 Å². The molecule has 0 N–H and O–H groups in total. The predicted octanol–water partition coefficient (Wildman–Crippen LogP) is 7.92. The number of ether oxygens (including phenoxy) is 4. The van der Waals surface area contributed by atoms with Crippen molar-refractivity contribution in [3.63, 3.8) is 0 Å². The van der Waals surface area contributed by atoms with Crippen LogP contribution >= 0.6 is 22.6 Å². The van der Waals surface area contributed by atoms with Crippen LogP contribution in [0.25, 0.3) is 0 Å². The molecule has 40 heavy (non-hydrogen) atoms. The van der Waals surface area contributed by atoms with E-state index in [0.717, 1.165) is 16.7 Å². The molecular formula is C33H43IO5Si. The first-order valence-electron chi connectivity index (χ1n) is 14.0. The van der Waals surface area contributed by atoms with Gasteiger partial charge < -0.3 is 23.4 Å². The maximum Gasteiger partial charge on any atom is 0.192 e. The van der Waals surface area contributed by atoms with Crippen LogP contribution in [0.3, 0.4) is 0 Å². The number of alkyl halides is 1. The van der Waals surface area contributed by atoms with Crippen LogP contribution in [0, 0.1) is 0 Å². The van der Waals surface area contributed by atoms with Gasteiger partial charge in [0.2, 0.25) is 0 Å². The van der Waals surface area contributed by atoms with E-state index in [1.165, 1.54) is 0 Å². The summed E-state index contributed by atoms with van der Waals surface area (Å²) in [4.78, 5) is 0. The maximum absolute atomic E-state index is 7.12.